The topological polar surface area (TPSA) is 84.6 Å². The molecule has 1 heterocycles. The number of carbonyl (C=O) groups is 1. The maximum absolute atomic E-state index is 11.6. The Kier molecular flexibility index (Phi) is 3.86. The van der Waals surface area contributed by atoms with Gasteiger partial charge in [-0.3, -0.25) is 4.79 Å². The van der Waals surface area contributed by atoms with Crippen LogP contribution in [0.25, 0.3) is 0 Å². The number of amides is 1. The van der Waals surface area contributed by atoms with Gasteiger partial charge in [0.25, 0.3) is 0 Å². The van der Waals surface area contributed by atoms with Gasteiger partial charge in [-0.05, 0) is 12.8 Å². The average molecular weight is 202 g/mol. The van der Waals surface area contributed by atoms with Gasteiger partial charge in [0, 0.05) is 13.2 Å². The van der Waals surface area contributed by atoms with Gasteiger partial charge < -0.3 is 20.9 Å². The molecule has 2 unspecified atom stereocenters. The van der Waals surface area contributed by atoms with Crippen molar-refractivity contribution in [2.45, 2.75) is 31.4 Å². The Bertz CT molecular complexity index is 202. The lowest BCUT2D eigenvalue weighted by Gasteiger charge is -2.21. The fraction of sp³-hybridized carbons (Fsp3) is 0.889. The highest BCUT2D eigenvalue weighted by Crippen LogP contribution is 2.15. The number of nitrogens with one attached hydrogen (secondary N) is 1. The summed E-state index contributed by atoms with van der Waals surface area (Å²) in [6, 6.07) is 0. The highest BCUT2D eigenvalue weighted by molar-refractivity contribution is 5.86. The molecule has 0 aromatic rings. The van der Waals surface area contributed by atoms with Crippen molar-refractivity contribution in [3.8, 4) is 0 Å². The number of nitrogens with two attached hydrogens (primary N) is 1. The van der Waals surface area contributed by atoms with Crippen molar-refractivity contribution >= 4 is 5.91 Å². The number of aliphatic hydroxyl groups is 1. The summed E-state index contributed by atoms with van der Waals surface area (Å²) in [7, 11) is 0. The van der Waals surface area contributed by atoms with Crippen molar-refractivity contribution in [1.82, 2.24) is 5.32 Å². The molecule has 1 aliphatic heterocycles. The molecule has 0 bridgehead atoms. The van der Waals surface area contributed by atoms with Gasteiger partial charge in [0.1, 0.15) is 5.54 Å². The Hall–Kier alpha value is -0.650. The van der Waals surface area contributed by atoms with Crippen molar-refractivity contribution in [3.63, 3.8) is 0 Å². The second-order valence-electron chi connectivity index (χ2n) is 3.73. The number of aliphatic hydroxyl groups excluding tert-OH is 1. The van der Waals surface area contributed by atoms with E-state index in [0.29, 0.717) is 19.4 Å². The number of carbonyl (C=O) groups excluding carboxylic acids is 1. The lowest BCUT2D eigenvalue weighted by molar-refractivity contribution is -0.126. The Morgan fingerprint density at radius 1 is 1.79 bits per heavy atom. The third-order valence-electron chi connectivity index (χ3n) is 2.47. The molecule has 1 aliphatic rings. The minimum absolute atomic E-state index is 0.234. The largest absolute Gasteiger partial charge is 0.391 e. The molecule has 5 heteroatoms. The average Bonchev–Trinajstić information content (AvgIpc) is 2.62. The molecule has 82 valence electrons. The zero-order valence-electron chi connectivity index (χ0n) is 8.45. The van der Waals surface area contributed by atoms with E-state index in [9.17, 15) is 9.90 Å². The van der Waals surface area contributed by atoms with Crippen molar-refractivity contribution in [3.05, 3.63) is 0 Å². The fourth-order valence-electron chi connectivity index (χ4n) is 1.29. The van der Waals surface area contributed by atoms with Crippen LogP contribution >= 0.6 is 0 Å². The van der Waals surface area contributed by atoms with Crippen LogP contribution in [0.5, 0.6) is 0 Å². The normalized spacial score (nSPS) is 28.8. The first-order valence-electron chi connectivity index (χ1n) is 4.91. The van der Waals surface area contributed by atoms with Crippen LogP contribution in [0, 0.1) is 0 Å². The summed E-state index contributed by atoms with van der Waals surface area (Å²) < 4.78 is 5.07. The van der Waals surface area contributed by atoms with Crippen LogP contribution in [0.3, 0.4) is 0 Å². The molecule has 0 aliphatic carbocycles. The second-order valence-corrected chi connectivity index (χ2v) is 3.73. The van der Waals surface area contributed by atoms with Gasteiger partial charge >= 0.3 is 0 Å². The molecule has 0 aromatic carbocycles. The van der Waals surface area contributed by atoms with Crippen LogP contribution in [0.1, 0.15) is 19.8 Å². The Morgan fingerprint density at radius 2 is 2.50 bits per heavy atom. The summed E-state index contributed by atoms with van der Waals surface area (Å²) in [5.41, 5.74) is 4.92. The second kappa shape index (κ2) is 4.72. The first-order valence-corrected chi connectivity index (χ1v) is 4.91. The van der Waals surface area contributed by atoms with Gasteiger partial charge in [0.05, 0.1) is 12.7 Å². The Morgan fingerprint density at radius 3 is 3.00 bits per heavy atom. The van der Waals surface area contributed by atoms with Crippen LogP contribution in [0.2, 0.25) is 0 Å². The minimum atomic E-state index is -0.895. The van der Waals surface area contributed by atoms with Crippen molar-refractivity contribution in [1.29, 1.82) is 0 Å². The van der Waals surface area contributed by atoms with Crippen LogP contribution in [0.15, 0.2) is 0 Å². The summed E-state index contributed by atoms with van der Waals surface area (Å²) in [4.78, 5) is 11.6. The quantitative estimate of drug-likeness (QED) is 0.545. The molecule has 1 rings (SSSR count). The first kappa shape index (κ1) is 11.4. The van der Waals surface area contributed by atoms with E-state index in [0.717, 1.165) is 0 Å². The molecule has 1 amide bonds. The van der Waals surface area contributed by atoms with Gasteiger partial charge in [0.2, 0.25) is 5.91 Å². The van der Waals surface area contributed by atoms with E-state index >= 15 is 0 Å². The Labute approximate surface area is 83.6 Å². The van der Waals surface area contributed by atoms with E-state index in [4.69, 9.17) is 10.5 Å². The summed E-state index contributed by atoms with van der Waals surface area (Å²) in [6.45, 7) is 2.91. The maximum atomic E-state index is 11.6. The first-order chi connectivity index (χ1) is 6.58. The summed E-state index contributed by atoms with van der Waals surface area (Å²) in [5, 5.41) is 11.9. The molecule has 0 saturated carbocycles. The SMILES string of the molecule is CCC(O)CNC(=O)C1(N)CCOC1. The summed E-state index contributed by atoms with van der Waals surface area (Å²) in [6.07, 6.45) is 0.667. The van der Waals surface area contributed by atoms with Gasteiger partial charge in [0.15, 0.2) is 0 Å². The molecule has 14 heavy (non-hydrogen) atoms. The Balaban J connectivity index is 2.34. The standard InChI is InChI=1S/C9H18N2O3/c1-2-7(12)5-11-8(13)9(10)3-4-14-6-9/h7,12H,2-6,10H2,1H3,(H,11,13). The molecular formula is C9H18N2O3. The van der Waals surface area contributed by atoms with E-state index in [1.807, 2.05) is 6.92 Å². The molecule has 4 N–H and O–H groups in total. The van der Waals surface area contributed by atoms with Gasteiger partial charge in [-0.1, -0.05) is 6.92 Å². The zero-order chi connectivity index (χ0) is 10.6. The lowest BCUT2D eigenvalue weighted by Crippen LogP contribution is -2.55. The van der Waals surface area contributed by atoms with E-state index in [1.54, 1.807) is 0 Å². The van der Waals surface area contributed by atoms with Gasteiger partial charge in [-0.15, -0.1) is 0 Å². The van der Waals surface area contributed by atoms with Gasteiger partial charge in [-0.25, -0.2) is 0 Å². The van der Waals surface area contributed by atoms with E-state index in [1.165, 1.54) is 0 Å². The van der Waals surface area contributed by atoms with Crippen LogP contribution in [0.4, 0.5) is 0 Å². The van der Waals surface area contributed by atoms with E-state index < -0.39 is 11.6 Å². The maximum Gasteiger partial charge on any atom is 0.242 e. The van der Waals surface area contributed by atoms with Crippen LogP contribution in [-0.4, -0.2) is 42.4 Å². The molecule has 2 atom stereocenters. The molecule has 0 radical (unpaired) electrons. The van der Waals surface area contributed by atoms with Crippen LogP contribution < -0.4 is 11.1 Å². The predicted molar refractivity (Wildman–Crippen MR) is 51.7 cm³/mol. The fourth-order valence-corrected chi connectivity index (χ4v) is 1.29. The molecular weight excluding hydrogens is 184 g/mol. The number of rotatable bonds is 4. The third-order valence-corrected chi connectivity index (χ3v) is 2.47. The van der Waals surface area contributed by atoms with Crippen molar-refractivity contribution in [2.75, 3.05) is 19.8 Å². The smallest absolute Gasteiger partial charge is 0.242 e. The molecule has 1 saturated heterocycles. The highest BCUT2D eigenvalue weighted by atomic mass is 16.5. The predicted octanol–water partition coefficient (Wildman–Crippen LogP) is -1.01. The zero-order valence-corrected chi connectivity index (χ0v) is 8.45. The van der Waals surface area contributed by atoms with E-state index in [2.05, 4.69) is 5.32 Å². The summed E-state index contributed by atoms with van der Waals surface area (Å²) in [5.74, 6) is -0.234. The minimum Gasteiger partial charge on any atom is -0.391 e. The molecule has 0 aromatic heterocycles. The van der Waals surface area contributed by atoms with Crippen LogP contribution in [-0.2, 0) is 9.53 Å². The van der Waals surface area contributed by atoms with E-state index in [-0.39, 0.29) is 19.1 Å². The number of hydrogen-bond acceptors (Lipinski definition) is 4. The number of ether oxygens (including phenoxy) is 1. The lowest BCUT2D eigenvalue weighted by atomic mass is 9.99. The van der Waals surface area contributed by atoms with Crippen molar-refractivity contribution < 1.29 is 14.6 Å². The van der Waals surface area contributed by atoms with Crippen molar-refractivity contribution in [2.24, 2.45) is 5.73 Å². The molecule has 1 fully saturated rings. The highest BCUT2D eigenvalue weighted by Gasteiger charge is 2.38. The third kappa shape index (κ3) is 2.67. The van der Waals surface area contributed by atoms with Gasteiger partial charge in [-0.2, -0.15) is 0 Å². The summed E-state index contributed by atoms with van der Waals surface area (Å²) >= 11 is 0. The monoisotopic (exact) mass is 202 g/mol. The number of hydrogen-bond donors (Lipinski definition) is 3. The molecule has 0 spiro atoms. The molecule has 5 nitrogen and oxygen atoms in total.